The van der Waals surface area contributed by atoms with Gasteiger partial charge in [0.2, 0.25) is 0 Å². The number of aromatic nitrogens is 6. The lowest BCUT2D eigenvalue weighted by molar-refractivity contribution is 0.0700. The molecular formula is C20H19N7O2. The number of fused-ring (bicyclic) bond motifs is 1. The van der Waals surface area contributed by atoms with Gasteiger partial charge in [0.25, 0.3) is 5.91 Å². The van der Waals surface area contributed by atoms with E-state index in [1.165, 1.54) is 0 Å². The Balaban J connectivity index is 1.28. The number of rotatable bonds is 3. The van der Waals surface area contributed by atoms with Gasteiger partial charge in [-0.1, -0.05) is 5.16 Å². The molecular weight excluding hydrogens is 370 g/mol. The quantitative estimate of drug-likeness (QED) is 0.530. The smallest absolute Gasteiger partial charge is 0.276 e. The lowest BCUT2D eigenvalue weighted by Crippen LogP contribution is -2.38. The summed E-state index contributed by atoms with van der Waals surface area (Å²) >= 11 is 0. The molecule has 1 amide bonds. The van der Waals surface area contributed by atoms with E-state index in [4.69, 9.17) is 4.52 Å². The summed E-state index contributed by atoms with van der Waals surface area (Å²) in [5.74, 6) is 1.48. The Morgan fingerprint density at radius 2 is 2.03 bits per heavy atom. The van der Waals surface area contributed by atoms with Crippen LogP contribution in [0.15, 0.2) is 47.2 Å². The molecule has 0 unspecified atom stereocenters. The van der Waals surface area contributed by atoms with Crippen LogP contribution in [0, 0.1) is 6.92 Å². The molecule has 0 bridgehead atoms. The van der Waals surface area contributed by atoms with E-state index < -0.39 is 0 Å². The monoisotopic (exact) mass is 389 g/mol. The van der Waals surface area contributed by atoms with Gasteiger partial charge in [0.05, 0.1) is 5.69 Å². The fraction of sp³-hybridized carbons (Fsp3) is 0.300. The molecule has 1 aliphatic heterocycles. The minimum absolute atomic E-state index is 0.123. The number of hydrogen-bond acceptors (Lipinski definition) is 7. The Morgan fingerprint density at radius 1 is 1.17 bits per heavy atom. The second kappa shape index (κ2) is 7.08. The van der Waals surface area contributed by atoms with E-state index in [1.54, 1.807) is 18.5 Å². The molecule has 0 spiro atoms. The summed E-state index contributed by atoms with van der Waals surface area (Å²) in [5.41, 5.74) is 2.77. The second-order valence-electron chi connectivity index (χ2n) is 7.19. The van der Waals surface area contributed by atoms with E-state index in [1.807, 2.05) is 40.6 Å². The highest BCUT2D eigenvalue weighted by Gasteiger charge is 2.29. The molecule has 5 rings (SSSR count). The number of nitrogens with zero attached hydrogens (tertiary/aromatic N) is 7. The highest BCUT2D eigenvalue weighted by atomic mass is 16.5. The van der Waals surface area contributed by atoms with E-state index in [2.05, 4.69) is 25.4 Å². The van der Waals surface area contributed by atoms with Crippen molar-refractivity contribution in [2.45, 2.75) is 25.7 Å². The van der Waals surface area contributed by atoms with Crippen molar-refractivity contribution in [2.75, 3.05) is 13.1 Å². The number of hydrogen-bond donors (Lipinski definition) is 0. The fourth-order valence-electron chi connectivity index (χ4n) is 3.68. The number of piperidine rings is 1. The summed E-state index contributed by atoms with van der Waals surface area (Å²) < 4.78 is 7.15. The van der Waals surface area contributed by atoms with Gasteiger partial charge < -0.3 is 9.42 Å². The van der Waals surface area contributed by atoms with Gasteiger partial charge in [0.15, 0.2) is 22.9 Å². The van der Waals surface area contributed by atoms with Crippen molar-refractivity contribution < 1.29 is 9.32 Å². The van der Waals surface area contributed by atoms with Gasteiger partial charge in [-0.3, -0.25) is 9.78 Å². The number of likely N-dealkylation sites (tertiary alicyclic amines) is 1. The third kappa shape index (κ3) is 3.24. The largest absolute Gasteiger partial charge is 0.355 e. The average molecular weight is 389 g/mol. The Morgan fingerprint density at radius 3 is 2.83 bits per heavy atom. The molecule has 9 heteroatoms. The van der Waals surface area contributed by atoms with Crippen LogP contribution in [0.5, 0.6) is 0 Å². The van der Waals surface area contributed by atoms with Crippen LogP contribution in [-0.2, 0) is 0 Å². The summed E-state index contributed by atoms with van der Waals surface area (Å²) in [4.78, 5) is 18.7. The molecule has 4 aromatic rings. The molecule has 0 aromatic carbocycles. The number of carbonyl (C=O) groups is 1. The molecule has 0 aliphatic carbocycles. The van der Waals surface area contributed by atoms with Crippen LogP contribution in [-0.4, -0.2) is 53.8 Å². The normalized spacial score (nSPS) is 15.1. The predicted octanol–water partition coefficient (Wildman–Crippen LogP) is 2.50. The van der Waals surface area contributed by atoms with Crippen molar-refractivity contribution in [3.63, 3.8) is 0 Å². The first-order valence-electron chi connectivity index (χ1n) is 9.54. The zero-order valence-corrected chi connectivity index (χ0v) is 15.9. The van der Waals surface area contributed by atoms with E-state index >= 15 is 0 Å². The number of amides is 1. The summed E-state index contributed by atoms with van der Waals surface area (Å²) in [6.07, 6.45) is 4.97. The molecule has 1 aliphatic rings. The third-order valence-electron chi connectivity index (χ3n) is 5.24. The summed E-state index contributed by atoms with van der Waals surface area (Å²) in [6, 6.07) is 9.19. The lowest BCUT2D eigenvalue weighted by atomic mass is 9.96. The highest BCUT2D eigenvalue weighted by molar-refractivity contribution is 5.93. The fourth-order valence-corrected chi connectivity index (χ4v) is 3.68. The van der Waals surface area contributed by atoms with Gasteiger partial charge in [-0.15, -0.1) is 10.2 Å². The van der Waals surface area contributed by atoms with Gasteiger partial charge in [-0.05, 0) is 44.0 Å². The maximum Gasteiger partial charge on any atom is 0.276 e. The van der Waals surface area contributed by atoms with E-state index in [-0.39, 0.29) is 11.8 Å². The Bertz CT molecular complexity index is 1160. The van der Waals surface area contributed by atoms with Gasteiger partial charge in [0.1, 0.15) is 0 Å². The van der Waals surface area contributed by atoms with Crippen molar-refractivity contribution in [1.29, 1.82) is 0 Å². The highest BCUT2D eigenvalue weighted by Crippen LogP contribution is 2.28. The SMILES string of the molecule is Cc1ccc2nnc(C3CCN(C(=O)c4cc(-c5cccnc5)on4)CC3)n2n1. The number of aryl methyl sites for hydroxylation is 1. The molecule has 0 saturated carbocycles. The van der Waals surface area contributed by atoms with Crippen LogP contribution >= 0.6 is 0 Å². The van der Waals surface area contributed by atoms with Crippen LogP contribution in [0.4, 0.5) is 0 Å². The molecule has 146 valence electrons. The van der Waals surface area contributed by atoms with Crippen molar-refractivity contribution in [1.82, 2.24) is 34.9 Å². The van der Waals surface area contributed by atoms with Gasteiger partial charge in [0, 0.05) is 43.0 Å². The lowest BCUT2D eigenvalue weighted by Gasteiger charge is -2.30. The van der Waals surface area contributed by atoms with Gasteiger partial charge >= 0.3 is 0 Å². The average Bonchev–Trinajstić information content (AvgIpc) is 3.41. The molecule has 0 N–H and O–H groups in total. The summed E-state index contributed by atoms with van der Waals surface area (Å²) in [7, 11) is 0. The Labute approximate surface area is 166 Å². The second-order valence-corrected chi connectivity index (χ2v) is 7.19. The van der Waals surface area contributed by atoms with Crippen LogP contribution in [0.3, 0.4) is 0 Å². The summed E-state index contributed by atoms with van der Waals surface area (Å²) in [6.45, 7) is 3.20. The van der Waals surface area contributed by atoms with Crippen LogP contribution in [0.1, 0.15) is 40.8 Å². The molecule has 5 heterocycles. The third-order valence-corrected chi connectivity index (χ3v) is 5.24. The predicted molar refractivity (Wildman–Crippen MR) is 103 cm³/mol. The van der Waals surface area contributed by atoms with E-state index in [9.17, 15) is 4.79 Å². The Hall–Kier alpha value is -3.62. The maximum absolute atomic E-state index is 12.8. The van der Waals surface area contributed by atoms with Gasteiger partial charge in [-0.2, -0.15) is 9.61 Å². The van der Waals surface area contributed by atoms with E-state index in [0.717, 1.165) is 35.6 Å². The first-order valence-corrected chi connectivity index (χ1v) is 9.54. The first kappa shape index (κ1) is 17.5. The number of pyridine rings is 1. The van der Waals surface area contributed by atoms with Crippen LogP contribution in [0.2, 0.25) is 0 Å². The molecule has 0 radical (unpaired) electrons. The minimum Gasteiger partial charge on any atom is -0.355 e. The zero-order chi connectivity index (χ0) is 19.8. The summed E-state index contributed by atoms with van der Waals surface area (Å²) in [5, 5.41) is 17.0. The van der Waals surface area contributed by atoms with E-state index in [0.29, 0.717) is 24.5 Å². The van der Waals surface area contributed by atoms with Crippen LogP contribution < -0.4 is 0 Å². The maximum atomic E-state index is 12.8. The number of carbonyl (C=O) groups excluding carboxylic acids is 1. The van der Waals surface area contributed by atoms with Crippen molar-refractivity contribution in [3.05, 3.63) is 59.9 Å². The van der Waals surface area contributed by atoms with Crippen molar-refractivity contribution in [3.8, 4) is 11.3 Å². The molecule has 29 heavy (non-hydrogen) atoms. The molecule has 0 atom stereocenters. The van der Waals surface area contributed by atoms with Gasteiger partial charge in [-0.25, -0.2) is 0 Å². The molecule has 1 saturated heterocycles. The minimum atomic E-state index is -0.123. The molecule has 1 fully saturated rings. The van der Waals surface area contributed by atoms with Crippen molar-refractivity contribution in [2.24, 2.45) is 0 Å². The topological polar surface area (TPSA) is 102 Å². The van der Waals surface area contributed by atoms with Crippen LogP contribution in [0.25, 0.3) is 17.0 Å². The first-order chi connectivity index (χ1) is 14.2. The molecule has 4 aromatic heterocycles. The van der Waals surface area contributed by atoms with Crippen molar-refractivity contribution >= 4 is 11.6 Å². The molecule has 9 nitrogen and oxygen atoms in total. The standard InChI is InChI=1S/C20H19N7O2/c1-13-4-5-18-22-23-19(27(18)24-13)14-6-9-26(10-7-14)20(28)16-11-17(29-25-16)15-3-2-8-21-12-15/h2-5,8,11-12,14H,6-7,9-10H2,1H3. The zero-order valence-electron chi connectivity index (χ0n) is 15.9. The Kier molecular flexibility index (Phi) is 4.27.